The van der Waals surface area contributed by atoms with Gasteiger partial charge in [0.25, 0.3) is 0 Å². The SMILES string of the molecule is CC(C#N)c1cnc2cc[nH]c2c1. The van der Waals surface area contributed by atoms with Gasteiger partial charge in [-0.1, -0.05) is 0 Å². The molecule has 1 unspecified atom stereocenters. The van der Waals surface area contributed by atoms with Gasteiger partial charge < -0.3 is 4.98 Å². The molecule has 13 heavy (non-hydrogen) atoms. The minimum atomic E-state index is -0.0970. The predicted molar refractivity (Wildman–Crippen MR) is 50.1 cm³/mol. The van der Waals surface area contributed by atoms with E-state index in [1.54, 1.807) is 6.20 Å². The van der Waals surface area contributed by atoms with E-state index in [1.165, 1.54) is 0 Å². The Bertz CT molecular complexity index is 464. The van der Waals surface area contributed by atoms with E-state index in [0.717, 1.165) is 16.6 Å². The molecule has 2 aromatic heterocycles. The van der Waals surface area contributed by atoms with E-state index in [9.17, 15) is 0 Å². The van der Waals surface area contributed by atoms with Gasteiger partial charge in [0.15, 0.2) is 0 Å². The summed E-state index contributed by atoms with van der Waals surface area (Å²) in [6.07, 6.45) is 3.60. The highest BCUT2D eigenvalue weighted by molar-refractivity contribution is 5.75. The predicted octanol–water partition coefficient (Wildman–Crippen LogP) is 2.19. The van der Waals surface area contributed by atoms with Crippen molar-refractivity contribution in [1.29, 1.82) is 5.26 Å². The quantitative estimate of drug-likeness (QED) is 0.715. The monoisotopic (exact) mass is 171 g/mol. The fraction of sp³-hybridized carbons (Fsp3) is 0.200. The third-order valence-corrected chi connectivity index (χ3v) is 2.11. The van der Waals surface area contributed by atoms with Gasteiger partial charge in [-0.25, -0.2) is 0 Å². The highest BCUT2D eigenvalue weighted by Gasteiger charge is 2.05. The normalized spacial score (nSPS) is 12.6. The third kappa shape index (κ3) is 1.27. The molecule has 0 fully saturated rings. The van der Waals surface area contributed by atoms with Gasteiger partial charge in [0.05, 0.1) is 23.0 Å². The Balaban J connectivity index is 2.55. The second-order valence-corrected chi connectivity index (χ2v) is 3.03. The summed E-state index contributed by atoms with van der Waals surface area (Å²) in [6.45, 7) is 1.87. The molecule has 2 rings (SSSR count). The average Bonchev–Trinajstić information content (AvgIpc) is 2.63. The lowest BCUT2D eigenvalue weighted by molar-refractivity contribution is 0.973. The topological polar surface area (TPSA) is 52.5 Å². The Kier molecular flexibility index (Phi) is 1.75. The van der Waals surface area contributed by atoms with E-state index in [0.29, 0.717) is 0 Å². The molecule has 0 spiro atoms. The molecular weight excluding hydrogens is 162 g/mol. The molecule has 1 N–H and O–H groups in total. The summed E-state index contributed by atoms with van der Waals surface area (Å²) in [4.78, 5) is 7.29. The van der Waals surface area contributed by atoms with Crippen LogP contribution in [0.5, 0.6) is 0 Å². The highest BCUT2D eigenvalue weighted by atomic mass is 14.7. The second-order valence-electron chi connectivity index (χ2n) is 3.03. The van der Waals surface area contributed by atoms with Gasteiger partial charge in [0.1, 0.15) is 0 Å². The van der Waals surface area contributed by atoms with Crippen LogP contribution in [0.3, 0.4) is 0 Å². The Labute approximate surface area is 76.0 Å². The maximum atomic E-state index is 8.72. The number of aromatic nitrogens is 2. The zero-order chi connectivity index (χ0) is 9.26. The number of hydrogen-bond donors (Lipinski definition) is 1. The maximum Gasteiger partial charge on any atom is 0.0878 e. The summed E-state index contributed by atoms with van der Waals surface area (Å²) >= 11 is 0. The van der Waals surface area contributed by atoms with Gasteiger partial charge in [0.2, 0.25) is 0 Å². The largest absolute Gasteiger partial charge is 0.360 e. The van der Waals surface area contributed by atoms with Gasteiger partial charge in [-0.3, -0.25) is 4.98 Å². The molecule has 2 heterocycles. The van der Waals surface area contributed by atoms with Crippen LogP contribution in [0.1, 0.15) is 18.4 Å². The number of nitriles is 1. The van der Waals surface area contributed by atoms with E-state index in [4.69, 9.17) is 5.26 Å². The van der Waals surface area contributed by atoms with Crippen LogP contribution in [-0.4, -0.2) is 9.97 Å². The highest BCUT2D eigenvalue weighted by Crippen LogP contribution is 2.17. The number of nitrogens with zero attached hydrogens (tertiary/aromatic N) is 2. The first-order chi connectivity index (χ1) is 6.31. The van der Waals surface area contributed by atoms with E-state index >= 15 is 0 Å². The molecule has 0 radical (unpaired) electrons. The number of rotatable bonds is 1. The Morgan fingerprint density at radius 3 is 3.23 bits per heavy atom. The van der Waals surface area contributed by atoms with E-state index in [1.807, 2.05) is 25.3 Å². The summed E-state index contributed by atoms with van der Waals surface area (Å²) in [5, 5.41) is 8.72. The van der Waals surface area contributed by atoms with Crippen LogP contribution in [0.4, 0.5) is 0 Å². The van der Waals surface area contributed by atoms with Crippen molar-refractivity contribution in [3.05, 3.63) is 30.1 Å². The van der Waals surface area contributed by atoms with Crippen LogP contribution >= 0.6 is 0 Å². The zero-order valence-corrected chi connectivity index (χ0v) is 7.28. The number of H-pyrrole nitrogens is 1. The van der Waals surface area contributed by atoms with Crippen LogP contribution in [0.25, 0.3) is 11.0 Å². The van der Waals surface area contributed by atoms with Crippen molar-refractivity contribution in [3.8, 4) is 6.07 Å². The number of aromatic amines is 1. The van der Waals surface area contributed by atoms with Crippen molar-refractivity contribution in [2.45, 2.75) is 12.8 Å². The Hall–Kier alpha value is -1.82. The third-order valence-electron chi connectivity index (χ3n) is 2.11. The summed E-state index contributed by atoms with van der Waals surface area (Å²) in [7, 11) is 0. The smallest absolute Gasteiger partial charge is 0.0878 e. The summed E-state index contributed by atoms with van der Waals surface area (Å²) in [5.74, 6) is -0.0970. The van der Waals surface area contributed by atoms with Gasteiger partial charge in [-0.15, -0.1) is 0 Å². The lowest BCUT2D eigenvalue weighted by Crippen LogP contribution is -1.90. The number of hydrogen-bond acceptors (Lipinski definition) is 2. The number of nitrogens with one attached hydrogen (secondary N) is 1. The van der Waals surface area contributed by atoms with Gasteiger partial charge >= 0.3 is 0 Å². The summed E-state index contributed by atoms with van der Waals surface area (Å²) in [5.41, 5.74) is 2.88. The molecule has 3 nitrogen and oxygen atoms in total. The van der Waals surface area contributed by atoms with Gasteiger partial charge in [-0.2, -0.15) is 5.26 Å². The molecule has 0 bridgehead atoms. The van der Waals surface area contributed by atoms with Crippen LogP contribution < -0.4 is 0 Å². The molecule has 0 aliphatic heterocycles. The molecule has 0 aliphatic carbocycles. The Morgan fingerprint density at radius 1 is 1.62 bits per heavy atom. The lowest BCUT2D eigenvalue weighted by atomic mass is 10.1. The molecule has 3 heteroatoms. The molecule has 2 aromatic rings. The summed E-state index contributed by atoms with van der Waals surface area (Å²) < 4.78 is 0. The van der Waals surface area contributed by atoms with Crippen LogP contribution in [0.15, 0.2) is 24.5 Å². The average molecular weight is 171 g/mol. The van der Waals surface area contributed by atoms with Crippen molar-refractivity contribution < 1.29 is 0 Å². The lowest BCUT2D eigenvalue weighted by Gasteiger charge is -2.00. The maximum absolute atomic E-state index is 8.72. The fourth-order valence-electron chi connectivity index (χ4n) is 1.26. The first-order valence-corrected chi connectivity index (χ1v) is 4.14. The van der Waals surface area contributed by atoms with Crippen molar-refractivity contribution in [1.82, 2.24) is 9.97 Å². The first kappa shape index (κ1) is 7.81. The van der Waals surface area contributed by atoms with E-state index in [2.05, 4.69) is 16.0 Å². The molecule has 0 saturated heterocycles. The first-order valence-electron chi connectivity index (χ1n) is 4.14. The van der Waals surface area contributed by atoms with Crippen molar-refractivity contribution in [2.75, 3.05) is 0 Å². The second kappa shape index (κ2) is 2.91. The molecule has 0 saturated carbocycles. The number of fused-ring (bicyclic) bond motifs is 1. The van der Waals surface area contributed by atoms with Crippen molar-refractivity contribution in [2.24, 2.45) is 0 Å². The van der Waals surface area contributed by atoms with Crippen LogP contribution in [-0.2, 0) is 0 Å². The minimum absolute atomic E-state index is 0.0970. The number of pyridine rings is 1. The van der Waals surface area contributed by atoms with Crippen molar-refractivity contribution >= 4 is 11.0 Å². The Morgan fingerprint density at radius 2 is 2.46 bits per heavy atom. The van der Waals surface area contributed by atoms with E-state index in [-0.39, 0.29) is 5.92 Å². The van der Waals surface area contributed by atoms with Crippen molar-refractivity contribution in [3.63, 3.8) is 0 Å². The van der Waals surface area contributed by atoms with E-state index < -0.39 is 0 Å². The molecular formula is C10H9N3. The zero-order valence-electron chi connectivity index (χ0n) is 7.28. The van der Waals surface area contributed by atoms with Gasteiger partial charge in [-0.05, 0) is 24.6 Å². The molecule has 0 aromatic carbocycles. The standard InChI is InChI=1S/C10H9N3/c1-7(5-11)8-4-10-9(13-6-8)2-3-12-10/h2-4,6-7,12H,1H3. The molecule has 0 aliphatic rings. The van der Waals surface area contributed by atoms with Gasteiger partial charge in [0, 0.05) is 12.4 Å². The molecule has 0 amide bonds. The summed E-state index contributed by atoms with van der Waals surface area (Å²) in [6, 6.07) is 6.07. The minimum Gasteiger partial charge on any atom is -0.360 e. The fourth-order valence-corrected chi connectivity index (χ4v) is 1.26. The van der Waals surface area contributed by atoms with Crippen LogP contribution in [0.2, 0.25) is 0 Å². The molecule has 64 valence electrons. The van der Waals surface area contributed by atoms with Crippen LogP contribution in [0, 0.1) is 11.3 Å². The molecule has 1 atom stereocenters.